The number of nitrogens with zero attached hydrogens (tertiary/aromatic N) is 3. The number of hydrogen-bond acceptors (Lipinski definition) is 3. The monoisotopic (exact) mass is 669 g/mol. The molecule has 7 aromatic rings. The fourth-order valence-corrected chi connectivity index (χ4v) is 6.61. The van der Waals surface area contributed by atoms with Crippen molar-refractivity contribution >= 4 is 34.8 Å². The summed E-state index contributed by atoms with van der Waals surface area (Å²) in [5, 5.41) is 8.85. The van der Waals surface area contributed by atoms with Crippen LogP contribution in [-0.4, -0.2) is 16.7 Å². The van der Waals surface area contributed by atoms with E-state index in [2.05, 4.69) is 120 Å². The van der Waals surface area contributed by atoms with Crippen LogP contribution in [0.5, 0.6) is 0 Å². The van der Waals surface area contributed by atoms with E-state index in [1.807, 2.05) is 66.9 Å². The Kier molecular flexibility index (Phi) is 8.66. The normalized spacial score (nSPS) is 13.0. The van der Waals surface area contributed by atoms with Crippen molar-refractivity contribution < 1.29 is 0 Å². The molecule has 0 atom stereocenters. The average Bonchev–Trinajstić information content (AvgIpc) is 3.21. The van der Waals surface area contributed by atoms with Gasteiger partial charge in [0.2, 0.25) is 0 Å². The van der Waals surface area contributed by atoms with Crippen molar-refractivity contribution in [2.75, 3.05) is 4.90 Å². The molecular formula is C47H35N5. The van der Waals surface area contributed by atoms with Crippen LogP contribution >= 0.6 is 0 Å². The number of aromatic nitrogens is 1. The van der Waals surface area contributed by atoms with Gasteiger partial charge in [0.15, 0.2) is 5.84 Å². The molecule has 5 nitrogen and oxygen atoms in total. The summed E-state index contributed by atoms with van der Waals surface area (Å²) in [5.74, 6) is 0.974. The van der Waals surface area contributed by atoms with E-state index in [0.29, 0.717) is 11.4 Å². The van der Waals surface area contributed by atoms with Crippen LogP contribution in [0.2, 0.25) is 0 Å². The largest absolute Gasteiger partial charge is 0.383 e. The first-order valence-electron chi connectivity index (χ1n) is 17.1. The SMILES string of the molecule is C=C1c2ccccc2/C=C\N(c2cc(C(=N)N=C(N)c3ccccc3)ccn2)c2cc(-c3cc(-c4ccccc4)cc(-c4ccccc4)c3)ccc21. The number of hydrogen-bond donors (Lipinski definition) is 2. The van der Waals surface area contributed by atoms with E-state index in [1.54, 1.807) is 12.3 Å². The second kappa shape index (κ2) is 14.0. The van der Waals surface area contributed by atoms with Crippen LogP contribution in [-0.2, 0) is 0 Å². The average molecular weight is 670 g/mol. The number of anilines is 2. The first-order chi connectivity index (χ1) is 25.5. The predicted octanol–water partition coefficient (Wildman–Crippen LogP) is 11.0. The van der Waals surface area contributed by atoms with Crippen LogP contribution in [0.1, 0.15) is 27.8 Å². The van der Waals surface area contributed by atoms with Gasteiger partial charge in [-0.2, -0.15) is 0 Å². The van der Waals surface area contributed by atoms with E-state index in [4.69, 9.17) is 16.1 Å². The van der Waals surface area contributed by atoms with Crippen LogP contribution in [0.25, 0.3) is 45.0 Å². The third-order valence-corrected chi connectivity index (χ3v) is 9.32. The van der Waals surface area contributed by atoms with Crippen molar-refractivity contribution in [1.29, 1.82) is 5.41 Å². The molecule has 0 fully saturated rings. The molecule has 0 amide bonds. The van der Waals surface area contributed by atoms with Crippen LogP contribution in [0, 0.1) is 5.41 Å². The third kappa shape index (κ3) is 6.47. The van der Waals surface area contributed by atoms with E-state index in [1.165, 1.54) is 0 Å². The van der Waals surface area contributed by atoms with Gasteiger partial charge in [-0.25, -0.2) is 9.98 Å². The third-order valence-electron chi connectivity index (χ3n) is 9.32. The Balaban J connectivity index is 1.27. The lowest BCUT2D eigenvalue weighted by Gasteiger charge is -2.27. The lowest BCUT2D eigenvalue weighted by atomic mass is 9.89. The summed E-state index contributed by atoms with van der Waals surface area (Å²) in [4.78, 5) is 11.3. The van der Waals surface area contributed by atoms with Gasteiger partial charge in [0.1, 0.15) is 11.7 Å². The molecule has 3 N–H and O–H groups in total. The smallest absolute Gasteiger partial charge is 0.154 e. The van der Waals surface area contributed by atoms with Gasteiger partial charge < -0.3 is 10.6 Å². The number of aliphatic imine (C=N–C) groups is 1. The predicted molar refractivity (Wildman–Crippen MR) is 217 cm³/mol. The van der Waals surface area contributed by atoms with Crippen molar-refractivity contribution in [2.45, 2.75) is 0 Å². The Hall–Kier alpha value is -7.11. The van der Waals surface area contributed by atoms with Gasteiger partial charge in [-0.05, 0) is 92.6 Å². The Morgan fingerprint density at radius 1 is 0.577 bits per heavy atom. The number of pyridine rings is 1. The Bertz CT molecular complexity index is 2440. The summed E-state index contributed by atoms with van der Waals surface area (Å²) in [6, 6.07) is 55.7. The molecule has 2 heterocycles. The number of fused-ring (bicyclic) bond motifs is 2. The number of nitrogens with one attached hydrogen (secondary N) is 1. The maximum atomic E-state index is 8.85. The van der Waals surface area contributed by atoms with E-state index in [9.17, 15) is 0 Å². The van der Waals surface area contributed by atoms with Gasteiger partial charge >= 0.3 is 0 Å². The van der Waals surface area contributed by atoms with Crippen molar-refractivity contribution in [2.24, 2.45) is 10.7 Å². The molecule has 1 aliphatic heterocycles. The Morgan fingerprint density at radius 3 is 1.85 bits per heavy atom. The maximum absolute atomic E-state index is 8.85. The number of benzene rings is 6. The van der Waals surface area contributed by atoms with E-state index in [0.717, 1.165) is 66.9 Å². The van der Waals surface area contributed by atoms with Crippen molar-refractivity contribution in [3.05, 3.63) is 211 Å². The molecule has 0 bridgehead atoms. The van der Waals surface area contributed by atoms with Gasteiger partial charge in [0.25, 0.3) is 0 Å². The van der Waals surface area contributed by atoms with E-state index < -0.39 is 0 Å². The minimum absolute atomic E-state index is 0.0518. The lowest BCUT2D eigenvalue weighted by molar-refractivity contribution is 1.17. The fraction of sp³-hybridized carbons (Fsp3) is 0. The molecule has 5 heteroatoms. The zero-order valence-electron chi connectivity index (χ0n) is 28.4. The van der Waals surface area contributed by atoms with Gasteiger partial charge in [-0.15, -0.1) is 0 Å². The van der Waals surface area contributed by atoms with Crippen LogP contribution < -0.4 is 10.6 Å². The molecule has 0 aliphatic carbocycles. The molecule has 8 rings (SSSR count). The number of nitrogens with two attached hydrogens (primary N) is 1. The summed E-state index contributed by atoms with van der Waals surface area (Å²) in [5.41, 5.74) is 19.3. The first kappa shape index (κ1) is 32.1. The molecule has 248 valence electrons. The Morgan fingerprint density at radius 2 is 1.17 bits per heavy atom. The zero-order valence-corrected chi connectivity index (χ0v) is 28.4. The highest BCUT2D eigenvalue weighted by Gasteiger charge is 2.21. The highest BCUT2D eigenvalue weighted by molar-refractivity contribution is 6.10. The standard InChI is InChI=1S/C47H35N5/c1-32-42-20-12-11-17-35(42)24-26-52(45-31-38(23-25-50-45)47(49)51-46(48)36-18-9-4-10-19-36)44-30-37(21-22-43(32)44)41-28-39(33-13-5-2-6-14-33)27-40(29-41)34-15-7-3-8-16-34/h2-31H,1H2,(H3,48,49,51)/b26-24-. The first-order valence-corrected chi connectivity index (χ1v) is 17.1. The molecule has 6 aromatic carbocycles. The highest BCUT2D eigenvalue weighted by Crippen LogP contribution is 2.42. The topological polar surface area (TPSA) is 78.4 Å². The summed E-state index contributed by atoms with van der Waals surface area (Å²) in [7, 11) is 0. The van der Waals surface area contributed by atoms with Crippen molar-refractivity contribution in [1.82, 2.24) is 4.98 Å². The molecule has 52 heavy (non-hydrogen) atoms. The fourth-order valence-electron chi connectivity index (χ4n) is 6.61. The maximum Gasteiger partial charge on any atom is 0.154 e. The number of amidine groups is 2. The molecule has 1 aromatic heterocycles. The second-order valence-corrected chi connectivity index (χ2v) is 12.6. The molecular weight excluding hydrogens is 635 g/mol. The Labute approximate surface area is 303 Å². The molecule has 0 saturated carbocycles. The summed E-state index contributed by atoms with van der Waals surface area (Å²) in [6.45, 7) is 4.60. The van der Waals surface area contributed by atoms with Crippen LogP contribution in [0.4, 0.5) is 11.5 Å². The van der Waals surface area contributed by atoms with E-state index >= 15 is 0 Å². The van der Waals surface area contributed by atoms with Crippen LogP contribution in [0.15, 0.2) is 188 Å². The molecule has 0 spiro atoms. The van der Waals surface area contributed by atoms with E-state index in [-0.39, 0.29) is 11.7 Å². The summed E-state index contributed by atoms with van der Waals surface area (Å²) >= 11 is 0. The van der Waals surface area contributed by atoms with Crippen molar-refractivity contribution in [3.8, 4) is 33.4 Å². The van der Waals surface area contributed by atoms with Gasteiger partial charge in [-0.1, -0.05) is 134 Å². The van der Waals surface area contributed by atoms with Gasteiger partial charge in [-0.3, -0.25) is 5.41 Å². The zero-order chi connectivity index (χ0) is 35.4. The summed E-state index contributed by atoms with van der Waals surface area (Å²) in [6.07, 6.45) is 5.84. The lowest BCUT2D eigenvalue weighted by Crippen LogP contribution is -2.17. The van der Waals surface area contributed by atoms with Crippen molar-refractivity contribution in [3.63, 3.8) is 0 Å². The van der Waals surface area contributed by atoms with Gasteiger partial charge in [0.05, 0.1) is 5.69 Å². The summed E-state index contributed by atoms with van der Waals surface area (Å²) < 4.78 is 0. The quantitative estimate of drug-likeness (QED) is 0.137. The second-order valence-electron chi connectivity index (χ2n) is 12.6. The highest BCUT2D eigenvalue weighted by atomic mass is 15.2. The minimum atomic E-state index is 0.0518. The number of rotatable bonds is 6. The molecule has 0 saturated heterocycles. The van der Waals surface area contributed by atoms with Gasteiger partial charge in [0, 0.05) is 29.1 Å². The van der Waals surface area contributed by atoms with Crippen LogP contribution in [0.3, 0.4) is 0 Å². The molecule has 1 aliphatic rings. The molecule has 0 radical (unpaired) electrons. The molecule has 0 unspecified atom stereocenters. The minimum Gasteiger partial charge on any atom is -0.383 e.